The van der Waals surface area contributed by atoms with E-state index < -0.39 is 5.54 Å². The Morgan fingerprint density at radius 3 is 2.56 bits per heavy atom. The van der Waals surface area contributed by atoms with Gasteiger partial charge in [-0.2, -0.15) is 0 Å². The Hall–Kier alpha value is -2.70. The third-order valence-corrected chi connectivity index (χ3v) is 7.40. The number of likely N-dealkylation sites (tertiary alicyclic amines) is 2. The zero-order valence-electron chi connectivity index (χ0n) is 18.4. The van der Waals surface area contributed by atoms with Gasteiger partial charge < -0.3 is 15.3 Å². The van der Waals surface area contributed by atoms with Crippen molar-refractivity contribution in [3.05, 3.63) is 71.3 Å². The van der Waals surface area contributed by atoms with Crippen molar-refractivity contribution in [1.29, 1.82) is 0 Å². The molecule has 3 heterocycles. The topological polar surface area (TPSA) is 72.9 Å². The molecule has 1 spiro atoms. The summed E-state index contributed by atoms with van der Waals surface area (Å²) >= 11 is 0. The molecule has 0 unspecified atom stereocenters. The molecule has 6 nitrogen and oxygen atoms in total. The number of aliphatic hydroxyl groups excluding tert-OH is 1. The van der Waals surface area contributed by atoms with Gasteiger partial charge in [-0.3, -0.25) is 14.5 Å². The molecular formula is C26H31N3O3. The molecule has 2 saturated heterocycles. The molecule has 0 aromatic heterocycles. The number of benzene rings is 2. The van der Waals surface area contributed by atoms with Crippen molar-refractivity contribution in [2.24, 2.45) is 5.92 Å². The normalized spacial score (nSPS) is 26.6. The van der Waals surface area contributed by atoms with Crippen molar-refractivity contribution in [1.82, 2.24) is 15.1 Å². The van der Waals surface area contributed by atoms with Gasteiger partial charge in [-0.1, -0.05) is 48.5 Å². The van der Waals surface area contributed by atoms with Crippen LogP contribution in [-0.4, -0.2) is 64.5 Å². The number of amides is 2. The number of hydrogen-bond acceptors (Lipinski definition) is 4. The Morgan fingerprint density at radius 2 is 1.78 bits per heavy atom. The standard InChI is InChI=1S/C26H31N3O3/c30-21-11-14-29(15-12-21)25(32)23-17-28(16-19-6-2-1-3-7-19)18-26(23)13-10-20-8-4-5-9-22(20)24(31)27-26/h1-9,21,23,30H,10-18H2,(H,27,31)/t23-,26+/m0/s1. The molecule has 2 aromatic rings. The lowest BCUT2D eigenvalue weighted by Gasteiger charge is -2.38. The highest BCUT2D eigenvalue weighted by atomic mass is 16.3. The number of nitrogens with one attached hydrogen (secondary N) is 1. The fraction of sp³-hybridized carbons (Fsp3) is 0.462. The van der Waals surface area contributed by atoms with E-state index in [1.165, 1.54) is 5.56 Å². The van der Waals surface area contributed by atoms with Crippen molar-refractivity contribution in [3.8, 4) is 0 Å². The van der Waals surface area contributed by atoms with E-state index >= 15 is 0 Å². The van der Waals surface area contributed by atoms with Crippen LogP contribution < -0.4 is 5.32 Å². The van der Waals surface area contributed by atoms with E-state index in [2.05, 4.69) is 22.3 Å². The van der Waals surface area contributed by atoms with Gasteiger partial charge in [0.1, 0.15) is 0 Å². The highest BCUT2D eigenvalue weighted by Crippen LogP contribution is 2.37. The highest BCUT2D eigenvalue weighted by molar-refractivity contribution is 5.97. The molecule has 2 fully saturated rings. The number of carbonyl (C=O) groups excluding carboxylic acids is 2. The molecule has 0 aliphatic carbocycles. The molecule has 168 valence electrons. The maximum atomic E-state index is 13.7. The van der Waals surface area contributed by atoms with Crippen LogP contribution in [-0.2, 0) is 17.8 Å². The first-order chi connectivity index (χ1) is 15.5. The van der Waals surface area contributed by atoms with E-state index in [0.717, 1.165) is 30.5 Å². The van der Waals surface area contributed by atoms with Crippen molar-refractivity contribution in [2.75, 3.05) is 26.2 Å². The fourth-order valence-corrected chi connectivity index (χ4v) is 5.64. The highest BCUT2D eigenvalue weighted by Gasteiger charge is 2.52. The van der Waals surface area contributed by atoms with Gasteiger partial charge >= 0.3 is 0 Å². The lowest BCUT2D eigenvalue weighted by atomic mass is 9.81. The molecule has 0 radical (unpaired) electrons. The number of rotatable bonds is 3. The van der Waals surface area contributed by atoms with Gasteiger partial charge in [-0.25, -0.2) is 0 Å². The number of carbonyl (C=O) groups is 2. The summed E-state index contributed by atoms with van der Waals surface area (Å²) in [6.07, 6.45) is 2.44. The van der Waals surface area contributed by atoms with Gasteiger partial charge in [0.15, 0.2) is 0 Å². The predicted octanol–water partition coefficient (Wildman–Crippen LogP) is 2.22. The summed E-state index contributed by atoms with van der Waals surface area (Å²) in [7, 11) is 0. The summed E-state index contributed by atoms with van der Waals surface area (Å²) in [5.74, 6) is -0.259. The minimum atomic E-state index is -0.585. The lowest BCUT2D eigenvalue weighted by molar-refractivity contribution is -0.139. The molecule has 32 heavy (non-hydrogen) atoms. The van der Waals surface area contributed by atoms with E-state index in [1.807, 2.05) is 47.4 Å². The van der Waals surface area contributed by atoms with Crippen LogP contribution in [0.25, 0.3) is 0 Å². The molecule has 2 N–H and O–H groups in total. The largest absolute Gasteiger partial charge is 0.393 e. The van der Waals surface area contributed by atoms with Crippen LogP contribution in [0, 0.1) is 5.92 Å². The average Bonchev–Trinajstić information content (AvgIpc) is 3.08. The minimum absolute atomic E-state index is 0.0773. The summed E-state index contributed by atoms with van der Waals surface area (Å²) in [5.41, 5.74) is 2.40. The van der Waals surface area contributed by atoms with Crippen molar-refractivity contribution in [3.63, 3.8) is 0 Å². The number of piperidine rings is 1. The lowest BCUT2D eigenvalue weighted by Crippen LogP contribution is -2.58. The number of fused-ring (bicyclic) bond motifs is 1. The van der Waals surface area contributed by atoms with Crippen LogP contribution in [0.1, 0.15) is 40.7 Å². The van der Waals surface area contributed by atoms with Crippen LogP contribution in [0.4, 0.5) is 0 Å². The third kappa shape index (κ3) is 4.05. The quantitative estimate of drug-likeness (QED) is 0.779. The SMILES string of the molecule is O=C1N[C@]2(CCc3ccccc31)CN(Cc1ccccc1)C[C@H]2C(=O)N1CCC(O)CC1. The molecule has 2 amide bonds. The monoisotopic (exact) mass is 433 g/mol. The van der Waals surface area contributed by atoms with Crippen molar-refractivity contribution >= 4 is 11.8 Å². The maximum Gasteiger partial charge on any atom is 0.252 e. The first-order valence-corrected chi connectivity index (χ1v) is 11.7. The Labute approximate surface area is 189 Å². The zero-order valence-corrected chi connectivity index (χ0v) is 18.4. The summed E-state index contributed by atoms with van der Waals surface area (Å²) in [6.45, 7) is 3.21. The molecule has 6 heteroatoms. The van der Waals surface area contributed by atoms with Crippen LogP contribution >= 0.6 is 0 Å². The Bertz CT molecular complexity index is 987. The molecule has 0 bridgehead atoms. The fourth-order valence-electron chi connectivity index (χ4n) is 5.64. The Kier molecular flexibility index (Phi) is 5.74. The molecule has 2 aromatic carbocycles. The van der Waals surface area contributed by atoms with Gasteiger partial charge in [-0.15, -0.1) is 0 Å². The summed E-state index contributed by atoms with van der Waals surface area (Å²) in [4.78, 5) is 31.2. The second-order valence-corrected chi connectivity index (χ2v) is 9.53. The summed E-state index contributed by atoms with van der Waals surface area (Å²) in [6, 6.07) is 18.1. The minimum Gasteiger partial charge on any atom is -0.393 e. The molecule has 3 aliphatic heterocycles. The number of aliphatic hydroxyl groups is 1. The average molecular weight is 434 g/mol. The van der Waals surface area contributed by atoms with E-state index in [4.69, 9.17) is 0 Å². The molecular weight excluding hydrogens is 402 g/mol. The van der Waals surface area contributed by atoms with Crippen LogP contribution in [0.15, 0.2) is 54.6 Å². The van der Waals surface area contributed by atoms with Crippen molar-refractivity contribution in [2.45, 2.75) is 43.9 Å². The van der Waals surface area contributed by atoms with Gasteiger partial charge in [0.2, 0.25) is 5.91 Å². The first kappa shape index (κ1) is 21.2. The zero-order chi connectivity index (χ0) is 22.1. The van der Waals surface area contributed by atoms with E-state index in [0.29, 0.717) is 39.0 Å². The predicted molar refractivity (Wildman–Crippen MR) is 122 cm³/mol. The number of hydrogen-bond donors (Lipinski definition) is 2. The number of aryl methyl sites for hydroxylation is 1. The van der Waals surface area contributed by atoms with Gasteiger partial charge in [0, 0.05) is 38.3 Å². The third-order valence-electron chi connectivity index (χ3n) is 7.40. The number of nitrogens with zero attached hydrogens (tertiary/aromatic N) is 2. The second-order valence-electron chi connectivity index (χ2n) is 9.53. The molecule has 5 rings (SSSR count). The van der Waals surface area contributed by atoms with Crippen molar-refractivity contribution < 1.29 is 14.7 Å². The van der Waals surface area contributed by atoms with Gasteiger partial charge in [0.05, 0.1) is 17.6 Å². The van der Waals surface area contributed by atoms with Crippen LogP contribution in [0.3, 0.4) is 0 Å². The maximum absolute atomic E-state index is 13.7. The van der Waals surface area contributed by atoms with E-state index in [9.17, 15) is 14.7 Å². The second kappa shape index (κ2) is 8.68. The molecule has 2 atom stereocenters. The van der Waals surface area contributed by atoms with E-state index in [-0.39, 0.29) is 23.8 Å². The summed E-state index contributed by atoms with van der Waals surface area (Å²) < 4.78 is 0. The summed E-state index contributed by atoms with van der Waals surface area (Å²) in [5, 5.41) is 13.2. The smallest absolute Gasteiger partial charge is 0.252 e. The molecule has 3 aliphatic rings. The Balaban J connectivity index is 1.43. The Morgan fingerprint density at radius 1 is 1.06 bits per heavy atom. The first-order valence-electron chi connectivity index (χ1n) is 11.7. The molecule has 0 saturated carbocycles. The van der Waals surface area contributed by atoms with Crippen LogP contribution in [0.2, 0.25) is 0 Å². The van der Waals surface area contributed by atoms with Crippen LogP contribution in [0.5, 0.6) is 0 Å². The van der Waals surface area contributed by atoms with Gasteiger partial charge in [-0.05, 0) is 42.9 Å². The van der Waals surface area contributed by atoms with E-state index in [1.54, 1.807) is 0 Å². The van der Waals surface area contributed by atoms with Gasteiger partial charge in [0.25, 0.3) is 5.91 Å².